The highest BCUT2D eigenvalue weighted by atomic mass is 32.2. The number of nitrogens with one attached hydrogen (secondary N) is 1. The number of thioether (sulfide) groups is 1. The summed E-state index contributed by atoms with van der Waals surface area (Å²) in [5.74, 6) is 0.476. The van der Waals surface area contributed by atoms with Gasteiger partial charge in [0.2, 0.25) is 5.91 Å². The van der Waals surface area contributed by atoms with Gasteiger partial charge in [-0.2, -0.15) is 0 Å². The Kier molecular flexibility index (Phi) is 9.25. The van der Waals surface area contributed by atoms with Crippen molar-refractivity contribution in [2.24, 2.45) is 0 Å². The summed E-state index contributed by atoms with van der Waals surface area (Å²) in [4.78, 5) is 29.6. The lowest BCUT2D eigenvalue weighted by atomic mass is 10.2. The number of nitrogens with zero attached hydrogens (tertiary/aromatic N) is 2. The molecule has 0 saturated heterocycles. The molecule has 0 aliphatic rings. The summed E-state index contributed by atoms with van der Waals surface area (Å²) in [6.07, 6.45) is 3.94. The molecule has 1 heterocycles. The number of benzene rings is 2. The van der Waals surface area contributed by atoms with Crippen LogP contribution in [0.5, 0.6) is 0 Å². The van der Waals surface area contributed by atoms with Gasteiger partial charge in [-0.25, -0.2) is 9.37 Å². The van der Waals surface area contributed by atoms with E-state index in [4.69, 9.17) is 4.74 Å². The molecule has 1 amide bonds. The minimum atomic E-state index is -0.354. The lowest BCUT2D eigenvalue weighted by molar-refractivity contribution is -0.121. The van der Waals surface area contributed by atoms with Gasteiger partial charge in [-0.15, -0.1) is 0 Å². The van der Waals surface area contributed by atoms with Crippen molar-refractivity contribution in [2.45, 2.75) is 37.3 Å². The fourth-order valence-corrected chi connectivity index (χ4v) is 4.30. The molecule has 1 N–H and O–H groups in total. The number of rotatable bonds is 12. The van der Waals surface area contributed by atoms with Gasteiger partial charge in [0, 0.05) is 32.4 Å². The fraction of sp³-hybridized carbons (Fsp3) is 0.375. The molecule has 0 saturated carbocycles. The number of carbonyl (C=O) groups excluding carboxylic acids is 1. The van der Waals surface area contributed by atoms with E-state index in [9.17, 15) is 14.0 Å². The minimum Gasteiger partial charge on any atom is -0.385 e. The van der Waals surface area contributed by atoms with E-state index in [1.54, 1.807) is 35.9 Å². The smallest absolute Gasteiger partial charge is 0.266 e. The van der Waals surface area contributed by atoms with E-state index in [1.165, 1.54) is 23.9 Å². The first-order chi connectivity index (χ1) is 15.6. The highest BCUT2D eigenvalue weighted by Gasteiger charge is 2.13. The van der Waals surface area contributed by atoms with Gasteiger partial charge in [0.25, 0.3) is 5.56 Å². The van der Waals surface area contributed by atoms with E-state index in [2.05, 4.69) is 10.3 Å². The second-order valence-electron chi connectivity index (χ2n) is 7.38. The molecule has 0 radical (unpaired) electrons. The van der Waals surface area contributed by atoms with Gasteiger partial charge in [0.1, 0.15) is 5.82 Å². The second-order valence-corrected chi connectivity index (χ2v) is 8.45. The molecule has 0 unspecified atom stereocenters. The van der Waals surface area contributed by atoms with E-state index < -0.39 is 0 Å². The zero-order valence-corrected chi connectivity index (χ0v) is 19.0. The maximum atomic E-state index is 13.4. The Balaban J connectivity index is 1.59. The Morgan fingerprint density at radius 2 is 1.88 bits per heavy atom. The van der Waals surface area contributed by atoms with Crippen molar-refractivity contribution in [1.29, 1.82) is 0 Å². The number of aromatic nitrogens is 2. The van der Waals surface area contributed by atoms with Crippen LogP contribution in [0.4, 0.5) is 4.39 Å². The Morgan fingerprint density at radius 3 is 2.66 bits per heavy atom. The van der Waals surface area contributed by atoms with Crippen LogP contribution >= 0.6 is 11.8 Å². The monoisotopic (exact) mass is 457 g/mol. The standard InChI is InChI=1S/C24H28FN3O3S/c1-31-16-7-15-26-22(29)10-3-2-6-17-32-24-27-21-9-5-4-8-20(21)23(30)28(24)19-13-11-18(25)12-14-19/h4-5,8-9,11-14H,2-3,6-7,10,15-17H2,1H3,(H,26,29). The van der Waals surface area contributed by atoms with Crippen molar-refractivity contribution in [3.63, 3.8) is 0 Å². The van der Waals surface area contributed by atoms with Gasteiger partial charge >= 0.3 is 0 Å². The maximum absolute atomic E-state index is 13.4. The summed E-state index contributed by atoms with van der Waals surface area (Å²) in [6.45, 7) is 1.28. The molecule has 3 rings (SSSR count). The number of methoxy groups -OCH3 is 1. The summed E-state index contributed by atoms with van der Waals surface area (Å²) in [7, 11) is 1.65. The number of carbonyl (C=O) groups is 1. The average Bonchev–Trinajstić information content (AvgIpc) is 2.80. The number of unbranched alkanes of at least 4 members (excludes halogenated alkanes) is 2. The summed E-state index contributed by atoms with van der Waals surface area (Å²) >= 11 is 1.50. The first-order valence-corrected chi connectivity index (χ1v) is 11.7. The number of amides is 1. The predicted molar refractivity (Wildman–Crippen MR) is 126 cm³/mol. The largest absolute Gasteiger partial charge is 0.385 e. The van der Waals surface area contributed by atoms with Crippen molar-refractivity contribution < 1.29 is 13.9 Å². The first-order valence-electron chi connectivity index (χ1n) is 10.8. The zero-order chi connectivity index (χ0) is 22.8. The third-order valence-corrected chi connectivity index (χ3v) is 5.98. The first kappa shape index (κ1) is 23.9. The molecule has 1 aromatic heterocycles. The van der Waals surface area contributed by atoms with E-state index in [0.29, 0.717) is 41.3 Å². The molecule has 0 aliphatic carbocycles. The molecule has 6 nitrogen and oxygen atoms in total. The van der Waals surface area contributed by atoms with Crippen molar-refractivity contribution in [1.82, 2.24) is 14.9 Å². The van der Waals surface area contributed by atoms with Crippen LogP contribution in [-0.2, 0) is 9.53 Å². The van der Waals surface area contributed by atoms with Crippen LogP contribution in [0, 0.1) is 5.82 Å². The normalized spacial score (nSPS) is 11.1. The van der Waals surface area contributed by atoms with Crippen LogP contribution < -0.4 is 10.9 Å². The third kappa shape index (κ3) is 6.64. The van der Waals surface area contributed by atoms with E-state index in [-0.39, 0.29) is 17.3 Å². The van der Waals surface area contributed by atoms with Crippen molar-refractivity contribution in [2.75, 3.05) is 26.0 Å². The summed E-state index contributed by atoms with van der Waals surface area (Å²) in [5.41, 5.74) is 1.06. The van der Waals surface area contributed by atoms with Gasteiger partial charge in [-0.05, 0) is 55.7 Å². The summed E-state index contributed by atoms with van der Waals surface area (Å²) in [6, 6.07) is 13.1. The van der Waals surface area contributed by atoms with Crippen LogP contribution in [0.2, 0.25) is 0 Å². The lowest BCUT2D eigenvalue weighted by Gasteiger charge is -2.13. The molecule has 32 heavy (non-hydrogen) atoms. The molecule has 3 aromatic rings. The summed E-state index contributed by atoms with van der Waals surface area (Å²) in [5, 5.41) is 3.99. The number of hydrogen-bond acceptors (Lipinski definition) is 5. The molecule has 8 heteroatoms. The van der Waals surface area contributed by atoms with Gasteiger partial charge in [0.05, 0.1) is 16.6 Å². The van der Waals surface area contributed by atoms with Crippen LogP contribution in [0.25, 0.3) is 16.6 Å². The van der Waals surface area contributed by atoms with E-state index in [1.807, 2.05) is 12.1 Å². The lowest BCUT2D eigenvalue weighted by Crippen LogP contribution is -2.24. The second kappa shape index (κ2) is 12.4. The highest BCUT2D eigenvalue weighted by molar-refractivity contribution is 7.99. The number of ether oxygens (including phenoxy) is 1. The van der Waals surface area contributed by atoms with Crippen LogP contribution in [0.3, 0.4) is 0 Å². The SMILES string of the molecule is COCCCNC(=O)CCCCCSc1nc2ccccc2c(=O)n1-c1ccc(F)cc1. The van der Waals surface area contributed by atoms with Crippen LogP contribution in [0.1, 0.15) is 32.1 Å². The molecule has 170 valence electrons. The van der Waals surface area contributed by atoms with Gasteiger partial charge < -0.3 is 10.1 Å². The van der Waals surface area contributed by atoms with Crippen molar-refractivity contribution in [3.8, 4) is 5.69 Å². The van der Waals surface area contributed by atoms with E-state index >= 15 is 0 Å². The zero-order valence-electron chi connectivity index (χ0n) is 18.2. The number of para-hydroxylation sites is 1. The van der Waals surface area contributed by atoms with Crippen molar-refractivity contribution >= 4 is 28.6 Å². The van der Waals surface area contributed by atoms with Gasteiger partial charge in [-0.3, -0.25) is 14.2 Å². The Hall–Kier alpha value is -2.71. The maximum Gasteiger partial charge on any atom is 0.266 e. The molecule has 2 aromatic carbocycles. The molecular formula is C24H28FN3O3S. The Bertz CT molecular complexity index is 1090. The topological polar surface area (TPSA) is 73.2 Å². The quantitative estimate of drug-likeness (QED) is 0.249. The third-order valence-electron chi connectivity index (χ3n) is 4.96. The number of halogens is 1. The molecule has 0 aliphatic heterocycles. The Morgan fingerprint density at radius 1 is 1.09 bits per heavy atom. The van der Waals surface area contributed by atoms with Gasteiger partial charge in [0.15, 0.2) is 5.16 Å². The average molecular weight is 458 g/mol. The number of hydrogen-bond donors (Lipinski definition) is 1. The van der Waals surface area contributed by atoms with Crippen LogP contribution in [-0.4, -0.2) is 41.5 Å². The van der Waals surface area contributed by atoms with Crippen LogP contribution in [0.15, 0.2) is 58.5 Å². The minimum absolute atomic E-state index is 0.0649. The molecule has 0 fully saturated rings. The fourth-order valence-electron chi connectivity index (χ4n) is 3.29. The van der Waals surface area contributed by atoms with Crippen molar-refractivity contribution in [3.05, 3.63) is 64.7 Å². The van der Waals surface area contributed by atoms with Gasteiger partial charge in [-0.1, -0.05) is 30.3 Å². The molecular weight excluding hydrogens is 429 g/mol. The highest BCUT2D eigenvalue weighted by Crippen LogP contribution is 2.23. The molecule has 0 spiro atoms. The Labute approximate surface area is 191 Å². The van der Waals surface area contributed by atoms with E-state index in [0.717, 1.165) is 31.4 Å². The summed E-state index contributed by atoms with van der Waals surface area (Å²) < 4.78 is 19.9. The molecule has 0 bridgehead atoms. The number of fused-ring (bicyclic) bond motifs is 1. The molecule has 0 atom stereocenters. The predicted octanol–water partition coefficient (Wildman–Crippen LogP) is 4.33.